The predicted molar refractivity (Wildman–Crippen MR) is 178 cm³/mol. The van der Waals surface area contributed by atoms with E-state index in [4.69, 9.17) is 4.74 Å². The van der Waals surface area contributed by atoms with Gasteiger partial charge in [0.2, 0.25) is 5.91 Å². The van der Waals surface area contributed by atoms with Crippen LogP contribution in [-0.2, 0) is 33.6 Å². The molecule has 2 aromatic carbocycles. The van der Waals surface area contributed by atoms with E-state index in [1.165, 1.54) is 29.7 Å². The minimum atomic E-state index is -0.620. The molecule has 46 heavy (non-hydrogen) atoms. The number of hydrogen-bond donors (Lipinski definition) is 0. The number of likely N-dealkylation sites (tertiary alicyclic amines) is 1. The molecular weight excluding hydrogens is 584 g/mol. The zero-order valence-corrected chi connectivity index (χ0v) is 29.0. The number of benzene rings is 2. The number of hydrogen-bond acceptors (Lipinski definition) is 5. The van der Waals surface area contributed by atoms with Gasteiger partial charge in [-0.2, -0.15) is 0 Å². The highest BCUT2D eigenvalue weighted by molar-refractivity contribution is 5.81. The summed E-state index contributed by atoms with van der Waals surface area (Å²) in [5, 5.41) is 0. The summed E-state index contributed by atoms with van der Waals surface area (Å²) in [5.74, 6) is -2.16. The number of esters is 1. The lowest BCUT2D eigenvalue weighted by Gasteiger charge is -2.46. The summed E-state index contributed by atoms with van der Waals surface area (Å²) in [5.41, 5.74) is 3.48. The van der Waals surface area contributed by atoms with Gasteiger partial charge in [-0.05, 0) is 101 Å². The van der Waals surface area contributed by atoms with Gasteiger partial charge in [0, 0.05) is 56.3 Å². The number of halogens is 2. The molecule has 252 valence electrons. The lowest BCUT2D eigenvalue weighted by molar-refractivity contribution is -0.163. The van der Waals surface area contributed by atoms with Crippen LogP contribution in [0.2, 0.25) is 0 Å². The Hall–Kier alpha value is -2.84. The Morgan fingerprint density at radius 2 is 1.63 bits per heavy atom. The number of ether oxygens (including phenoxy) is 1. The van der Waals surface area contributed by atoms with Gasteiger partial charge in [0.05, 0.1) is 5.92 Å². The van der Waals surface area contributed by atoms with Crippen LogP contribution in [0.15, 0.2) is 36.4 Å². The molecule has 6 nitrogen and oxygen atoms in total. The quantitative estimate of drug-likeness (QED) is 0.330. The first-order valence-electron chi connectivity index (χ1n) is 17.1. The molecule has 0 saturated carbocycles. The molecule has 2 fully saturated rings. The molecule has 0 unspecified atom stereocenters. The minimum absolute atomic E-state index is 0.00580. The third kappa shape index (κ3) is 7.65. The number of carbonyl (C=O) groups is 2. The van der Waals surface area contributed by atoms with Gasteiger partial charge in [0.1, 0.15) is 23.3 Å². The fourth-order valence-corrected chi connectivity index (χ4v) is 7.60. The standard InChI is InChI=1S/C38H53F2N3O3/c1-24(2)34-23-41(33(36(45)46-38(6,7)8)19-25-12-13-26-10-9-11-27(26)18-25)16-17-43(34)35(44)31-22-42(37(3,4)5)21-30(31)29-15-14-28(39)20-32(29)40/h12-15,18,20,24,30-31,33-34H,9-11,16-17,19,21-23H2,1-8H3/t30-,31+,33-,34+/m0/s1. The molecule has 1 amide bonds. The van der Waals surface area contributed by atoms with Crippen molar-refractivity contribution in [3.63, 3.8) is 0 Å². The Morgan fingerprint density at radius 3 is 2.28 bits per heavy atom. The van der Waals surface area contributed by atoms with Crippen LogP contribution in [0, 0.1) is 23.5 Å². The van der Waals surface area contributed by atoms with E-state index >= 15 is 4.39 Å². The van der Waals surface area contributed by atoms with Gasteiger partial charge >= 0.3 is 5.97 Å². The van der Waals surface area contributed by atoms with Crippen molar-refractivity contribution in [3.8, 4) is 0 Å². The Morgan fingerprint density at radius 1 is 0.913 bits per heavy atom. The third-order valence-electron chi connectivity index (χ3n) is 10.2. The van der Waals surface area contributed by atoms with Crippen LogP contribution < -0.4 is 0 Å². The molecule has 4 atom stereocenters. The van der Waals surface area contributed by atoms with Crippen molar-refractivity contribution < 1.29 is 23.1 Å². The van der Waals surface area contributed by atoms with E-state index in [2.05, 4.69) is 62.6 Å². The topological polar surface area (TPSA) is 53.1 Å². The zero-order chi connectivity index (χ0) is 33.6. The van der Waals surface area contributed by atoms with E-state index in [1.54, 1.807) is 0 Å². The summed E-state index contributed by atoms with van der Waals surface area (Å²) in [7, 11) is 0. The van der Waals surface area contributed by atoms with Crippen LogP contribution in [-0.4, -0.2) is 82.5 Å². The maximum Gasteiger partial charge on any atom is 0.324 e. The van der Waals surface area contributed by atoms with E-state index in [9.17, 15) is 14.0 Å². The van der Waals surface area contributed by atoms with E-state index < -0.39 is 29.2 Å². The number of nitrogens with zero attached hydrogens (tertiary/aromatic N) is 3. The summed E-state index contributed by atoms with van der Waals surface area (Å²) in [4.78, 5) is 34.7. The summed E-state index contributed by atoms with van der Waals surface area (Å²) >= 11 is 0. The van der Waals surface area contributed by atoms with Crippen molar-refractivity contribution in [2.24, 2.45) is 11.8 Å². The first-order chi connectivity index (χ1) is 21.5. The number of piperazine rings is 1. The number of amides is 1. The Labute approximate surface area is 274 Å². The smallest absolute Gasteiger partial charge is 0.324 e. The monoisotopic (exact) mass is 637 g/mol. The van der Waals surface area contributed by atoms with Gasteiger partial charge in [-0.1, -0.05) is 38.1 Å². The average Bonchev–Trinajstić information content (AvgIpc) is 3.62. The summed E-state index contributed by atoms with van der Waals surface area (Å²) in [6, 6.07) is 9.73. The lowest BCUT2D eigenvalue weighted by atomic mass is 9.86. The van der Waals surface area contributed by atoms with E-state index in [1.807, 2.05) is 25.7 Å². The molecule has 2 saturated heterocycles. The maximum absolute atomic E-state index is 15.2. The first-order valence-corrected chi connectivity index (χ1v) is 17.1. The van der Waals surface area contributed by atoms with Crippen molar-refractivity contribution in [3.05, 3.63) is 70.3 Å². The molecular formula is C38H53F2N3O3. The SMILES string of the molecule is CC(C)[C@H]1CN([C@@H](Cc2ccc3c(c2)CCC3)C(=O)OC(C)(C)C)CCN1C(=O)[C@@H]1CN(C(C)(C)C)C[C@H]1c1ccc(F)cc1F. The molecule has 3 aliphatic rings. The summed E-state index contributed by atoms with van der Waals surface area (Å²) in [6.45, 7) is 18.8. The zero-order valence-electron chi connectivity index (χ0n) is 29.0. The van der Waals surface area contributed by atoms with E-state index in [0.29, 0.717) is 44.7 Å². The normalized spacial score (nSPS) is 23.5. The van der Waals surface area contributed by atoms with Crippen LogP contribution >= 0.6 is 0 Å². The average molecular weight is 638 g/mol. The highest BCUT2D eigenvalue weighted by atomic mass is 19.1. The van der Waals surface area contributed by atoms with Crippen LogP contribution in [0.1, 0.15) is 90.0 Å². The van der Waals surface area contributed by atoms with Gasteiger partial charge in [0.15, 0.2) is 0 Å². The predicted octanol–water partition coefficient (Wildman–Crippen LogP) is 6.39. The van der Waals surface area contributed by atoms with Gasteiger partial charge < -0.3 is 9.64 Å². The molecule has 0 bridgehead atoms. The number of aryl methyl sites for hydroxylation is 2. The van der Waals surface area contributed by atoms with Crippen LogP contribution in [0.4, 0.5) is 8.78 Å². The largest absolute Gasteiger partial charge is 0.459 e. The number of fused-ring (bicyclic) bond motifs is 1. The second-order valence-electron chi connectivity index (χ2n) is 16.0. The molecule has 5 rings (SSSR count). The summed E-state index contributed by atoms with van der Waals surface area (Å²) in [6.07, 6.45) is 3.91. The third-order valence-corrected chi connectivity index (χ3v) is 10.2. The van der Waals surface area contributed by atoms with Gasteiger partial charge in [-0.15, -0.1) is 0 Å². The highest BCUT2D eigenvalue weighted by Gasteiger charge is 2.47. The maximum atomic E-state index is 15.2. The molecule has 2 aromatic rings. The molecule has 2 heterocycles. The Bertz CT molecular complexity index is 1430. The van der Waals surface area contributed by atoms with Gasteiger partial charge in [0.25, 0.3) is 0 Å². The number of carbonyl (C=O) groups excluding carboxylic acids is 2. The number of rotatable bonds is 7. The Kier molecular flexibility index (Phi) is 10.0. The Balaban J connectivity index is 1.40. The van der Waals surface area contributed by atoms with Gasteiger partial charge in [-0.25, -0.2) is 8.78 Å². The van der Waals surface area contributed by atoms with Crippen LogP contribution in [0.5, 0.6) is 0 Å². The molecule has 0 N–H and O–H groups in total. The molecule has 2 aliphatic heterocycles. The first kappa shape index (κ1) is 34.5. The lowest BCUT2D eigenvalue weighted by Crippen LogP contribution is -2.62. The van der Waals surface area contributed by atoms with Crippen LogP contribution in [0.25, 0.3) is 0 Å². The van der Waals surface area contributed by atoms with Crippen molar-refractivity contribution in [2.45, 2.75) is 110 Å². The minimum Gasteiger partial charge on any atom is -0.459 e. The fraction of sp³-hybridized carbons (Fsp3) is 0.632. The second kappa shape index (κ2) is 13.3. The van der Waals surface area contributed by atoms with E-state index in [0.717, 1.165) is 24.5 Å². The van der Waals surface area contributed by atoms with E-state index in [-0.39, 0.29) is 35.3 Å². The molecule has 1 aliphatic carbocycles. The highest BCUT2D eigenvalue weighted by Crippen LogP contribution is 2.39. The molecule has 0 spiro atoms. The van der Waals surface area contributed by atoms with Crippen molar-refractivity contribution in [2.75, 3.05) is 32.7 Å². The molecule has 0 radical (unpaired) electrons. The summed E-state index contributed by atoms with van der Waals surface area (Å²) < 4.78 is 35.0. The van der Waals surface area contributed by atoms with Crippen molar-refractivity contribution >= 4 is 11.9 Å². The van der Waals surface area contributed by atoms with Gasteiger partial charge in [-0.3, -0.25) is 19.4 Å². The van der Waals surface area contributed by atoms with Crippen molar-refractivity contribution in [1.82, 2.24) is 14.7 Å². The molecule has 8 heteroatoms. The molecule has 0 aromatic heterocycles. The van der Waals surface area contributed by atoms with Crippen LogP contribution in [0.3, 0.4) is 0 Å². The second-order valence-corrected chi connectivity index (χ2v) is 16.0. The van der Waals surface area contributed by atoms with Crippen molar-refractivity contribution in [1.29, 1.82) is 0 Å². The fourth-order valence-electron chi connectivity index (χ4n) is 7.60.